The predicted molar refractivity (Wildman–Crippen MR) is 79.5 cm³/mol. The minimum absolute atomic E-state index is 0.0394. The van der Waals surface area contributed by atoms with Crippen molar-refractivity contribution in [2.24, 2.45) is 0 Å². The zero-order chi connectivity index (χ0) is 15.4. The monoisotopic (exact) mass is 301 g/mol. The summed E-state index contributed by atoms with van der Waals surface area (Å²) in [4.78, 5) is 11.9. The molecule has 0 saturated heterocycles. The van der Waals surface area contributed by atoms with Gasteiger partial charge in [0.2, 0.25) is 0 Å². The van der Waals surface area contributed by atoms with Crippen molar-refractivity contribution < 1.29 is 9.53 Å². The van der Waals surface area contributed by atoms with Crippen molar-refractivity contribution in [2.45, 2.75) is 26.2 Å². The fourth-order valence-electron chi connectivity index (χ4n) is 2.06. The minimum Gasteiger partial charge on any atom is -0.496 e. The Morgan fingerprint density at radius 2 is 2.24 bits per heavy atom. The van der Waals surface area contributed by atoms with E-state index in [1.54, 1.807) is 26.2 Å². The summed E-state index contributed by atoms with van der Waals surface area (Å²) in [5.41, 5.74) is 1.41. The molecule has 6 heteroatoms. The Bertz CT molecular complexity index is 703. The average molecular weight is 301 g/mol. The molecule has 0 N–H and O–H groups in total. The second-order valence-electron chi connectivity index (χ2n) is 4.67. The van der Waals surface area contributed by atoms with Gasteiger partial charge < -0.3 is 4.74 Å². The second kappa shape index (κ2) is 6.46. The number of benzene rings is 1. The highest BCUT2D eigenvalue weighted by Crippen LogP contribution is 2.29. The molecule has 0 spiro atoms. The van der Waals surface area contributed by atoms with Crippen LogP contribution in [0, 0.1) is 18.3 Å². The number of aromatic nitrogens is 2. The first kappa shape index (κ1) is 15.1. The van der Waals surface area contributed by atoms with Crippen molar-refractivity contribution in [1.29, 1.82) is 5.26 Å². The van der Waals surface area contributed by atoms with Gasteiger partial charge in [0.05, 0.1) is 24.7 Å². The van der Waals surface area contributed by atoms with Crippen molar-refractivity contribution in [3.8, 4) is 11.8 Å². The molecule has 1 unspecified atom stereocenters. The SMILES string of the molecule is COc1cc(C#N)ccc1CC(C(C)=O)c1nnc(C)s1. The van der Waals surface area contributed by atoms with Crippen LogP contribution in [0.5, 0.6) is 5.75 Å². The molecule has 1 atom stereocenters. The molecule has 0 bridgehead atoms. The summed E-state index contributed by atoms with van der Waals surface area (Å²) in [6.45, 7) is 3.41. The maximum Gasteiger partial charge on any atom is 0.140 e. The van der Waals surface area contributed by atoms with Gasteiger partial charge >= 0.3 is 0 Å². The highest BCUT2D eigenvalue weighted by atomic mass is 32.1. The number of nitriles is 1. The largest absolute Gasteiger partial charge is 0.496 e. The maximum atomic E-state index is 11.9. The van der Waals surface area contributed by atoms with E-state index in [1.807, 2.05) is 13.0 Å². The summed E-state index contributed by atoms with van der Waals surface area (Å²) >= 11 is 1.43. The number of ketones is 1. The Morgan fingerprint density at radius 3 is 2.76 bits per heavy atom. The van der Waals surface area contributed by atoms with E-state index in [2.05, 4.69) is 16.3 Å². The second-order valence-corrected chi connectivity index (χ2v) is 5.88. The van der Waals surface area contributed by atoms with E-state index in [9.17, 15) is 4.79 Å². The summed E-state index contributed by atoms with van der Waals surface area (Å²) < 4.78 is 5.31. The molecule has 108 valence electrons. The molecule has 0 saturated carbocycles. The number of hydrogen-bond donors (Lipinski definition) is 0. The first-order chi connectivity index (χ1) is 10.0. The normalized spacial score (nSPS) is 11.7. The number of methoxy groups -OCH3 is 1. The molecule has 2 rings (SSSR count). The number of nitrogens with zero attached hydrogens (tertiary/aromatic N) is 3. The van der Waals surface area contributed by atoms with Crippen molar-refractivity contribution in [3.05, 3.63) is 39.3 Å². The molecule has 21 heavy (non-hydrogen) atoms. The summed E-state index contributed by atoms with van der Waals surface area (Å²) in [5.74, 6) is 0.317. The van der Waals surface area contributed by atoms with Gasteiger partial charge in [-0.2, -0.15) is 5.26 Å². The fourth-order valence-corrected chi connectivity index (χ4v) is 2.92. The molecule has 0 aliphatic carbocycles. The number of ether oxygens (including phenoxy) is 1. The van der Waals surface area contributed by atoms with Gasteiger partial charge in [0, 0.05) is 0 Å². The van der Waals surface area contributed by atoms with E-state index in [0.717, 1.165) is 10.6 Å². The van der Waals surface area contributed by atoms with Gasteiger partial charge in [-0.25, -0.2) is 0 Å². The molecule has 1 aromatic heterocycles. The van der Waals surface area contributed by atoms with Gasteiger partial charge in [0.15, 0.2) is 0 Å². The van der Waals surface area contributed by atoms with E-state index in [4.69, 9.17) is 10.00 Å². The van der Waals surface area contributed by atoms with Crippen molar-refractivity contribution in [2.75, 3.05) is 7.11 Å². The van der Waals surface area contributed by atoms with Crippen LogP contribution in [-0.2, 0) is 11.2 Å². The third-order valence-corrected chi connectivity index (χ3v) is 4.12. The Morgan fingerprint density at radius 1 is 1.48 bits per heavy atom. The van der Waals surface area contributed by atoms with Crippen molar-refractivity contribution >= 4 is 17.1 Å². The molecule has 1 aromatic carbocycles. The van der Waals surface area contributed by atoms with Gasteiger partial charge in [0.25, 0.3) is 0 Å². The van der Waals surface area contributed by atoms with Gasteiger partial charge in [-0.15, -0.1) is 21.5 Å². The molecule has 0 fully saturated rings. The fraction of sp³-hybridized carbons (Fsp3) is 0.333. The molecule has 2 aromatic rings. The molecular weight excluding hydrogens is 286 g/mol. The van der Waals surface area contributed by atoms with Crippen LogP contribution in [0.2, 0.25) is 0 Å². The first-order valence-corrected chi connectivity index (χ1v) is 7.24. The van der Waals surface area contributed by atoms with Crippen LogP contribution in [0.3, 0.4) is 0 Å². The predicted octanol–water partition coefficient (Wildman–Crippen LogP) is 2.64. The smallest absolute Gasteiger partial charge is 0.140 e. The molecule has 0 amide bonds. The number of Topliss-reactive ketones (excluding diaryl/α,β-unsaturated/α-hetero) is 1. The lowest BCUT2D eigenvalue weighted by Gasteiger charge is -2.13. The first-order valence-electron chi connectivity index (χ1n) is 6.42. The Kier molecular flexibility index (Phi) is 4.66. The van der Waals surface area contributed by atoms with Crippen molar-refractivity contribution in [3.63, 3.8) is 0 Å². The molecular formula is C15H15N3O2S. The topological polar surface area (TPSA) is 75.9 Å². The Balaban J connectivity index is 2.34. The number of rotatable bonds is 5. The van der Waals surface area contributed by atoms with Gasteiger partial charge in [-0.05, 0) is 38.0 Å². The third-order valence-electron chi connectivity index (χ3n) is 3.17. The van der Waals surface area contributed by atoms with Crippen molar-refractivity contribution in [1.82, 2.24) is 10.2 Å². The summed E-state index contributed by atoms with van der Waals surface area (Å²) in [6, 6.07) is 7.29. The number of aryl methyl sites for hydroxylation is 1. The third kappa shape index (κ3) is 3.44. The molecule has 0 radical (unpaired) electrons. The quantitative estimate of drug-likeness (QED) is 0.848. The molecule has 1 heterocycles. The highest BCUT2D eigenvalue weighted by molar-refractivity contribution is 7.11. The van der Waals surface area contributed by atoms with E-state index in [1.165, 1.54) is 11.3 Å². The van der Waals surface area contributed by atoms with Crippen LogP contribution in [-0.4, -0.2) is 23.1 Å². The van der Waals surface area contributed by atoms with Crippen LogP contribution in [0.15, 0.2) is 18.2 Å². The lowest BCUT2D eigenvalue weighted by Crippen LogP contribution is -2.12. The number of carbonyl (C=O) groups is 1. The summed E-state index contributed by atoms with van der Waals surface area (Å²) in [5, 5.41) is 18.5. The van der Waals surface area contributed by atoms with Crippen LogP contribution in [0.4, 0.5) is 0 Å². The average Bonchev–Trinajstić information content (AvgIpc) is 2.90. The highest BCUT2D eigenvalue weighted by Gasteiger charge is 2.23. The zero-order valence-corrected chi connectivity index (χ0v) is 12.9. The summed E-state index contributed by atoms with van der Waals surface area (Å²) in [7, 11) is 1.55. The van der Waals surface area contributed by atoms with E-state index in [-0.39, 0.29) is 11.7 Å². The van der Waals surface area contributed by atoms with Gasteiger partial charge in [-0.1, -0.05) is 6.07 Å². The van der Waals surface area contributed by atoms with Crippen LogP contribution in [0.25, 0.3) is 0 Å². The minimum atomic E-state index is -0.335. The molecule has 5 nitrogen and oxygen atoms in total. The maximum absolute atomic E-state index is 11.9. The Labute approximate surface area is 127 Å². The van der Waals surface area contributed by atoms with E-state index in [0.29, 0.717) is 22.7 Å². The molecule has 0 aliphatic heterocycles. The van der Waals surface area contributed by atoms with Gasteiger partial charge in [-0.3, -0.25) is 4.79 Å². The standard InChI is InChI=1S/C15H15N3O2S/c1-9(19)13(15-18-17-10(2)21-15)7-12-5-4-11(8-16)6-14(12)20-3/h4-6,13H,7H2,1-3H3. The molecule has 0 aliphatic rings. The van der Waals surface area contributed by atoms with E-state index >= 15 is 0 Å². The van der Waals surface area contributed by atoms with Crippen LogP contribution >= 0.6 is 11.3 Å². The van der Waals surface area contributed by atoms with E-state index < -0.39 is 0 Å². The van der Waals surface area contributed by atoms with Gasteiger partial charge in [0.1, 0.15) is 21.5 Å². The van der Waals surface area contributed by atoms with Crippen LogP contribution in [0.1, 0.15) is 34.0 Å². The number of hydrogen-bond acceptors (Lipinski definition) is 6. The number of carbonyl (C=O) groups excluding carboxylic acids is 1. The Hall–Kier alpha value is -2.26. The summed E-state index contributed by atoms with van der Waals surface area (Å²) in [6.07, 6.45) is 0.485. The van der Waals surface area contributed by atoms with Crippen LogP contribution < -0.4 is 4.74 Å². The lowest BCUT2D eigenvalue weighted by molar-refractivity contribution is -0.118. The lowest BCUT2D eigenvalue weighted by atomic mass is 9.95. The zero-order valence-electron chi connectivity index (χ0n) is 12.1.